The second-order valence-electron chi connectivity index (χ2n) is 5.47. The van der Waals surface area contributed by atoms with Crippen LogP contribution >= 0.6 is 0 Å². The molecule has 1 aromatic carbocycles. The maximum absolute atomic E-state index is 12.4. The van der Waals surface area contributed by atoms with Crippen molar-refractivity contribution < 1.29 is 17.6 Å². The van der Waals surface area contributed by atoms with Crippen LogP contribution in [0, 0.1) is 0 Å². The summed E-state index contributed by atoms with van der Waals surface area (Å²) in [5.74, 6) is 0.302. The summed E-state index contributed by atoms with van der Waals surface area (Å²) in [5.41, 5.74) is 0.145. The van der Waals surface area contributed by atoms with Gasteiger partial charge in [-0.1, -0.05) is 12.1 Å². The number of benzene rings is 1. The summed E-state index contributed by atoms with van der Waals surface area (Å²) in [6.07, 6.45) is 2.66. The Labute approximate surface area is 136 Å². The van der Waals surface area contributed by atoms with Gasteiger partial charge in [0.1, 0.15) is 5.76 Å². The van der Waals surface area contributed by atoms with E-state index in [1.54, 1.807) is 24.5 Å². The van der Waals surface area contributed by atoms with E-state index < -0.39 is 15.7 Å². The van der Waals surface area contributed by atoms with Gasteiger partial charge < -0.3 is 9.73 Å². The summed E-state index contributed by atoms with van der Waals surface area (Å²) in [6, 6.07) is 9.65. The lowest BCUT2D eigenvalue weighted by Gasteiger charge is -2.22. The lowest BCUT2D eigenvalue weighted by molar-refractivity contribution is 0.0935. The third-order valence-electron chi connectivity index (χ3n) is 3.48. The Balaban J connectivity index is 2.17. The molecule has 1 N–H and O–H groups in total. The number of nitrogens with zero attached hydrogens (tertiary/aromatic N) is 1. The van der Waals surface area contributed by atoms with Gasteiger partial charge in [-0.2, -0.15) is 0 Å². The molecule has 0 aliphatic carbocycles. The molecule has 1 heterocycles. The Morgan fingerprint density at radius 2 is 1.91 bits per heavy atom. The highest BCUT2D eigenvalue weighted by atomic mass is 32.2. The predicted molar refractivity (Wildman–Crippen MR) is 87.0 cm³/mol. The highest BCUT2D eigenvalue weighted by Crippen LogP contribution is 2.19. The van der Waals surface area contributed by atoms with Crippen molar-refractivity contribution in [2.45, 2.75) is 10.9 Å². The third-order valence-corrected chi connectivity index (χ3v) is 4.64. The lowest BCUT2D eigenvalue weighted by Crippen LogP contribution is -2.34. The van der Waals surface area contributed by atoms with Gasteiger partial charge in [0.2, 0.25) is 0 Å². The van der Waals surface area contributed by atoms with Crippen LogP contribution in [0.3, 0.4) is 0 Å². The number of sulfone groups is 1. The van der Waals surface area contributed by atoms with Gasteiger partial charge in [0.05, 0.1) is 22.8 Å². The van der Waals surface area contributed by atoms with Crippen molar-refractivity contribution in [2.75, 3.05) is 26.9 Å². The Kier molecular flexibility index (Phi) is 5.23. The number of rotatable bonds is 6. The number of carbonyl (C=O) groups is 1. The van der Waals surface area contributed by atoms with Gasteiger partial charge in [-0.05, 0) is 38.4 Å². The van der Waals surface area contributed by atoms with Crippen LogP contribution in [0.15, 0.2) is 52.0 Å². The number of likely N-dealkylation sites (N-methyl/N-ethyl adjacent to an activating group) is 1. The van der Waals surface area contributed by atoms with Crippen LogP contribution in [0.2, 0.25) is 0 Å². The number of hydrogen-bond donors (Lipinski definition) is 1. The van der Waals surface area contributed by atoms with E-state index in [9.17, 15) is 13.2 Å². The van der Waals surface area contributed by atoms with Crippen LogP contribution < -0.4 is 5.32 Å². The Morgan fingerprint density at radius 1 is 1.22 bits per heavy atom. The molecule has 0 fully saturated rings. The topological polar surface area (TPSA) is 79.6 Å². The van der Waals surface area contributed by atoms with Crippen molar-refractivity contribution in [1.82, 2.24) is 10.2 Å². The maximum Gasteiger partial charge on any atom is 0.252 e. The molecule has 7 heteroatoms. The molecule has 0 bridgehead atoms. The van der Waals surface area contributed by atoms with E-state index in [0.29, 0.717) is 6.54 Å². The first-order valence-electron chi connectivity index (χ1n) is 7.08. The molecular weight excluding hydrogens is 316 g/mol. The number of hydrogen-bond acceptors (Lipinski definition) is 5. The van der Waals surface area contributed by atoms with Gasteiger partial charge in [0.25, 0.3) is 5.91 Å². The second kappa shape index (κ2) is 6.97. The quantitative estimate of drug-likeness (QED) is 0.869. The van der Waals surface area contributed by atoms with Crippen LogP contribution in [0.25, 0.3) is 0 Å². The van der Waals surface area contributed by atoms with E-state index in [-0.39, 0.29) is 16.5 Å². The summed E-state index contributed by atoms with van der Waals surface area (Å²) in [5, 5.41) is 2.78. The minimum atomic E-state index is -3.47. The molecule has 0 aliphatic heterocycles. The fraction of sp³-hybridized carbons (Fsp3) is 0.312. The smallest absolute Gasteiger partial charge is 0.252 e. The van der Waals surface area contributed by atoms with Crippen molar-refractivity contribution in [1.29, 1.82) is 0 Å². The first-order chi connectivity index (χ1) is 10.8. The van der Waals surface area contributed by atoms with Crippen LogP contribution in [0.4, 0.5) is 0 Å². The number of amides is 1. The zero-order valence-electron chi connectivity index (χ0n) is 13.3. The maximum atomic E-state index is 12.4. The molecule has 0 saturated carbocycles. The van der Waals surface area contributed by atoms with Gasteiger partial charge >= 0.3 is 0 Å². The van der Waals surface area contributed by atoms with Gasteiger partial charge in [-0.15, -0.1) is 0 Å². The molecule has 0 aliphatic rings. The molecule has 1 aromatic heterocycles. The van der Waals surface area contributed by atoms with Gasteiger partial charge in [-0.25, -0.2) is 8.42 Å². The van der Waals surface area contributed by atoms with Crippen LogP contribution in [0.1, 0.15) is 22.2 Å². The molecule has 2 aromatic rings. The molecule has 0 saturated heterocycles. The van der Waals surface area contributed by atoms with Crippen LogP contribution in [0.5, 0.6) is 0 Å². The second-order valence-corrected chi connectivity index (χ2v) is 7.46. The minimum absolute atomic E-state index is 0.0249. The fourth-order valence-electron chi connectivity index (χ4n) is 2.28. The summed E-state index contributed by atoms with van der Waals surface area (Å²) < 4.78 is 29.0. The average molecular weight is 336 g/mol. The molecule has 1 amide bonds. The fourth-order valence-corrected chi connectivity index (χ4v) is 3.17. The first-order valence-corrected chi connectivity index (χ1v) is 8.97. The van der Waals surface area contributed by atoms with Crippen LogP contribution in [-0.4, -0.2) is 46.1 Å². The molecule has 6 nitrogen and oxygen atoms in total. The SMILES string of the molecule is CN(C)C(CNC(=O)c1ccccc1S(C)(=O)=O)c1ccco1. The first kappa shape index (κ1) is 17.2. The standard InChI is InChI=1S/C16H20N2O4S/c1-18(2)13(14-8-6-10-22-14)11-17-16(19)12-7-4-5-9-15(12)23(3,20)21/h4-10,13H,11H2,1-3H3,(H,17,19). The van der Waals surface area contributed by atoms with Gasteiger partial charge in [0, 0.05) is 12.8 Å². The molecule has 124 valence electrons. The molecule has 0 spiro atoms. The van der Waals surface area contributed by atoms with Crippen molar-refractivity contribution in [3.63, 3.8) is 0 Å². The highest BCUT2D eigenvalue weighted by Gasteiger charge is 2.21. The molecule has 2 rings (SSSR count). The molecule has 23 heavy (non-hydrogen) atoms. The zero-order valence-corrected chi connectivity index (χ0v) is 14.1. The Bertz CT molecular complexity index is 767. The lowest BCUT2D eigenvalue weighted by atomic mass is 10.1. The Hall–Kier alpha value is -2.12. The summed E-state index contributed by atoms with van der Waals surface area (Å²) in [4.78, 5) is 14.3. The van der Waals surface area contributed by atoms with E-state index in [1.807, 2.05) is 25.1 Å². The highest BCUT2D eigenvalue weighted by molar-refractivity contribution is 7.90. The van der Waals surface area contributed by atoms with Gasteiger partial charge in [-0.3, -0.25) is 9.69 Å². The van der Waals surface area contributed by atoms with Crippen molar-refractivity contribution in [2.24, 2.45) is 0 Å². The van der Waals surface area contributed by atoms with Crippen LogP contribution in [-0.2, 0) is 9.84 Å². The van der Waals surface area contributed by atoms with Crippen molar-refractivity contribution >= 4 is 15.7 Å². The summed E-state index contributed by atoms with van der Waals surface area (Å²) in [6.45, 7) is 0.303. The Morgan fingerprint density at radius 3 is 2.48 bits per heavy atom. The predicted octanol–water partition coefficient (Wildman–Crippen LogP) is 1.72. The van der Waals surface area contributed by atoms with E-state index in [1.165, 1.54) is 12.1 Å². The summed E-state index contributed by atoms with van der Waals surface area (Å²) >= 11 is 0. The van der Waals surface area contributed by atoms with Gasteiger partial charge in [0.15, 0.2) is 9.84 Å². The number of carbonyl (C=O) groups excluding carboxylic acids is 1. The number of furan rings is 1. The molecule has 1 atom stereocenters. The normalized spacial score (nSPS) is 13.0. The van der Waals surface area contributed by atoms with Crippen molar-refractivity contribution in [3.8, 4) is 0 Å². The van der Waals surface area contributed by atoms with E-state index in [2.05, 4.69) is 5.32 Å². The monoisotopic (exact) mass is 336 g/mol. The molecule has 1 unspecified atom stereocenters. The third kappa shape index (κ3) is 4.20. The molecular formula is C16H20N2O4S. The molecule has 0 radical (unpaired) electrons. The van der Waals surface area contributed by atoms with E-state index >= 15 is 0 Å². The summed E-state index contributed by atoms with van der Waals surface area (Å²) in [7, 11) is 0.291. The van der Waals surface area contributed by atoms with E-state index in [0.717, 1.165) is 12.0 Å². The largest absolute Gasteiger partial charge is 0.468 e. The number of nitrogens with one attached hydrogen (secondary N) is 1. The van der Waals surface area contributed by atoms with E-state index in [4.69, 9.17) is 4.42 Å². The zero-order chi connectivity index (χ0) is 17.0. The minimum Gasteiger partial charge on any atom is -0.468 e. The average Bonchev–Trinajstić information content (AvgIpc) is 3.00. The van der Waals surface area contributed by atoms with Crippen molar-refractivity contribution in [3.05, 3.63) is 54.0 Å².